The van der Waals surface area contributed by atoms with Crippen LogP contribution in [-0.2, 0) is 9.53 Å². The molecule has 0 bridgehead atoms. The van der Waals surface area contributed by atoms with Crippen molar-refractivity contribution in [2.75, 3.05) is 5.75 Å². The molecule has 1 aliphatic carbocycles. The molecule has 3 unspecified atom stereocenters. The van der Waals surface area contributed by atoms with E-state index in [9.17, 15) is 4.79 Å². The highest BCUT2D eigenvalue weighted by Gasteiger charge is 2.33. The fourth-order valence-corrected chi connectivity index (χ4v) is 5.22. The SMILES string of the molecule is Cc1cc(C)c2nc(SCC(=O)OC3CC(C)CCC3C(C)C)cc(C)c2c1. The van der Waals surface area contributed by atoms with Crippen molar-refractivity contribution in [1.82, 2.24) is 4.98 Å². The summed E-state index contributed by atoms with van der Waals surface area (Å²) >= 11 is 1.48. The van der Waals surface area contributed by atoms with Crippen LogP contribution >= 0.6 is 11.8 Å². The molecule has 3 atom stereocenters. The monoisotopic (exact) mass is 399 g/mol. The Morgan fingerprint density at radius 2 is 1.93 bits per heavy atom. The summed E-state index contributed by atoms with van der Waals surface area (Å²) in [5, 5.41) is 2.09. The van der Waals surface area contributed by atoms with Crippen LogP contribution in [0.2, 0.25) is 0 Å². The van der Waals surface area contributed by atoms with E-state index >= 15 is 0 Å². The van der Waals surface area contributed by atoms with Gasteiger partial charge in [0.2, 0.25) is 0 Å². The number of pyridine rings is 1. The number of aryl methyl sites for hydroxylation is 3. The van der Waals surface area contributed by atoms with Crippen LogP contribution in [0.3, 0.4) is 0 Å². The first-order valence-corrected chi connectivity index (χ1v) is 11.4. The predicted molar refractivity (Wildman–Crippen MR) is 118 cm³/mol. The lowest BCUT2D eigenvalue weighted by Gasteiger charge is -2.36. The largest absolute Gasteiger partial charge is 0.461 e. The van der Waals surface area contributed by atoms with Gasteiger partial charge in [-0.2, -0.15) is 0 Å². The van der Waals surface area contributed by atoms with Crippen LogP contribution in [0.15, 0.2) is 23.2 Å². The number of fused-ring (bicyclic) bond motifs is 1. The van der Waals surface area contributed by atoms with E-state index in [4.69, 9.17) is 9.72 Å². The molecule has 3 rings (SSSR count). The average Bonchev–Trinajstić information content (AvgIpc) is 2.60. The van der Waals surface area contributed by atoms with E-state index in [1.807, 2.05) is 0 Å². The van der Waals surface area contributed by atoms with Crippen LogP contribution in [0.25, 0.3) is 10.9 Å². The lowest BCUT2D eigenvalue weighted by molar-refractivity contribution is -0.152. The van der Waals surface area contributed by atoms with Crippen LogP contribution in [-0.4, -0.2) is 22.8 Å². The zero-order valence-corrected chi connectivity index (χ0v) is 18.9. The number of esters is 1. The van der Waals surface area contributed by atoms with Gasteiger partial charge in [0, 0.05) is 5.39 Å². The standard InChI is InChI=1S/C24H33NO2S/c1-14(2)19-8-7-15(3)11-21(19)27-23(26)13-28-22-12-17(5)20-10-16(4)9-18(6)24(20)25-22/h9-10,12,14-15,19,21H,7-8,11,13H2,1-6H3. The molecule has 3 nitrogen and oxygen atoms in total. The number of hydrogen-bond acceptors (Lipinski definition) is 4. The summed E-state index contributed by atoms with van der Waals surface area (Å²) in [5.74, 6) is 1.87. The van der Waals surface area contributed by atoms with Crippen molar-refractivity contribution in [3.05, 3.63) is 34.9 Å². The fraction of sp³-hybridized carbons (Fsp3) is 0.583. The molecule has 0 N–H and O–H groups in total. The second-order valence-corrected chi connectivity index (χ2v) is 9.89. The normalized spacial score (nSPS) is 22.6. The van der Waals surface area contributed by atoms with Gasteiger partial charge in [0.1, 0.15) is 6.10 Å². The highest BCUT2D eigenvalue weighted by molar-refractivity contribution is 7.99. The molecule has 152 valence electrons. The molecule has 0 spiro atoms. The maximum atomic E-state index is 12.5. The molecule has 1 heterocycles. The number of benzene rings is 1. The summed E-state index contributed by atoms with van der Waals surface area (Å²) in [7, 11) is 0. The van der Waals surface area contributed by atoms with Gasteiger partial charge in [0.05, 0.1) is 16.3 Å². The second-order valence-electron chi connectivity index (χ2n) is 8.90. The van der Waals surface area contributed by atoms with E-state index in [1.54, 1.807) is 0 Å². The fourth-order valence-electron chi connectivity index (χ4n) is 4.47. The Bertz CT molecular complexity index is 861. The minimum atomic E-state index is -0.116. The van der Waals surface area contributed by atoms with Gasteiger partial charge in [-0.15, -0.1) is 0 Å². The summed E-state index contributed by atoms with van der Waals surface area (Å²) < 4.78 is 5.93. The van der Waals surface area contributed by atoms with Gasteiger partial charge in [0.25, 0.3) is 0 Å². The molecule has 2 aromatic rings. The molecule has 0 aliphatic heterocycles. The van der Waals surface area contributed by atoms with Crippen LogP contribution in [0.5, 0.6) is 0 Å². The van der Waals surface area contributed by atoms with Crippen molar-refractivity contribution in [1.29, 1.82) is 0 Å². The lowest BCUT2D eigenvalue weighted by Crippen LogP contribution is -2.36. The smallest absolute Gasteiger partial charge is 0.316 e. The minimum Gasteiger partial charge on any atom is -0.461 e. The van der Waals surface area contributed by atoms with Crippen molar-refractivity contribution in [2.45, 2.75) is 71.9 Å². The Hall–Kier alpha value is -1.55. The van der Waals surface area contributed by atoms with Gasteiger partial charge in [-0.1, -0.05) is 50.6 Å². The van der Waals surface area contributed by atoms with E-state index in [1.165, 1.54) is 40.3 Å². The van der Waals surface area contributed by atoms with E-state index in [2.05, 4.69) is 59.7 Å². The molecule has 0 amide bonds. The number of ether oxygens (including phenoxy) is 1. The summed E-state index contributed by atoms with van der Waals surface area (Å²) in [6, 6.07) is 6.43. The molecule has 1 aromatic heterocycles. The average molecular weight is 400 g/mol. The highest BCUT2D eigenvalue weighted by Crippen LogP contribution is 2.35. The third-order valence-electron chi connectivity index (χ3n) is 6.01. The van der Waals surface area contributed by atoms with Gasteiger partial charge in [-0.25, -0.2) is 4.98 Å². The van der Waals surface area contributed by atoms with Crippen LogP contribution in [0.1, 0.15) is 56.7 Å². The van der Waals surface area contributed by atoms with Crippen molar-refractivity contribution in [3.8, 4) is 0 Å². The lowest BCUT2D eigenvalue weighted by atomic mass is 9.75. The topological polar surface area (TPSA) is 39.2 Å². The molecule has 1 aromatic carbocycles. The van der Waals surface area contributed by atoms with Crippen molar-refractivity contribution in [2.24, 2.45) is 17.8 Å². The van der Waals surface area contributed by atoms with Crippen molar-refractivity contribution < 1.29 is 9.53 Å². The molecule has 4 heteroatoms. The van der Waals surface area contributed by atoms with E-state index in [0.717, 1.165) is 23.4 Å². The van der Waals surface area contributed by atoms with Gasteiger partial charge >= 0.3 is 5.97 Å². The Balaban J connectivity index is 1.67. The molecular formula is C24H33NO2S. The quantitative estimate of drug-likeness (QED) is 0.440. The maximum Gasteiger partial charge on any atom is 0.316 e. The Kier molecular flexibility index (Phi) is 6.69. The summed E-state index contributed by atoms with van der Waals surface area (Å²) in [6.07, 6.45) is 3.46. The molecule has 28 heavy (non-hydrogen) atoms. The van der Waals surface area contributed by atoms with E-state index in [-0.39, 0.29) is 12.1 Å². The van der Waals surface area contributed by atoms with E-state index in [0.29, 0.717) is 23.5 Å². The number of carbonyl (C=O) groups is 1. The third kappa shape index (κ3) is 4.89. The summed E-state index contributed by atoms with van der Waals surface area (Å²) in [6.45, 7) is 13.1. The first-order valence-electron chi connectivity index (χ1n) is 10.5. The first kappa shape index (κ1) is 21.2. The number of rotatable bonds is 5. The second kappa shape index (κ2) is 8.86. The van der Waals surface area contributed by atoms with Crippen molar-refractivity contribution >= 4 is 28.6 Å². The minimum absolute atomic E-state index is 0.0633. The number of aromatic nitrogens is 1. The number of thioether (sulfide) groups is 1. The van der Waals surface area contributed by atoms with Gasteiger partial charge < -0.3 is 4.74 Å². The van der Waals surface area contributed by atoms with Gasteiger partial charge in [-0.05, 0) is 74.6 Å². The predicted octanol–water partition coefficient (Wildman–Crippen LogP) is 6.26. The molecule has 1 fully saturated rings. The van der Waals surface area contributed by atoms with Crippen LogP contribution in [0.4, 0.5) is 0 Å². The Morgan fingerprint density at radius 1 is 1.18 bits per heavy atom. The number of hydrogen-bond donors (Lipinski definition) is 0. The number of nitrogens with zero attached hydrogens (tertiary/aromatic N) is 1. The summed E-state index contributed by atoms with van der Waals surface area (Å²) in [5.41, 5.74) is 4.66. The molecule has 1 aliphatic rings. The zero-order valence-electron chi connectivity index (χ0n) is 18.0. The van der Waals surface area contributed by atoms with Crippen LogP contribution in [0, 0.1) is 38.5 Å². The van der Waals surface area contributed by atoms with Crippen LogP contribution < -0.4 is 0 Å². The van der Waals surface area contributed by atoms with E-state index < -0.39 is 0 Å². The third-order valence-corrected chi connectivity index (χ3v) is 6.90. The Labute approximate surface area is 173 Å². The summed E-state index contributed by atoms with van der Waals surface area (Å²) in [4.78, 5) is 17.4. The molecule has 0 radical (unpaired) electrons. The van der Waals surface area contributed by atoms with Crippen molar-refractivity contribution in [3.63, 3.8) is 0 Å². The maximum absolute atomic E-state index is 12.5. The highest BCUT2D eigenvalue weighted by atomic mass is 32.2. The Morgan fingerprint density at radius 3 is 2.64 bits per heavy atom. The molecular weight excluding hydrogens is 366 g/mol. The molecule has 1 saturated carbocycles. The zero-order chi connectivity index (χ0) is 20.4. The number of carbonyl (C=O) groups excluding carboxylic acids is 1. The molecule has 0 saturated heterocycles. The van der Waals surface area contributed by atoms with Gasteiger partial charge in [0.15, 0.2) is 0 Å². The first-order chi connectivity index (χ1) is 13.2. The van der Waals surface area contributed by atoms with Gasteiger partial charge in [-0.3, -0.25) is 4.79 Å².